The average Bonchev–Trinajstić information content (AvgIpc) is 3.08. The molecule has 0 bridgehead atoms. The molecule has 0 aliphatic carbocycles. The van der Waals surface area contributed by atoms with Gasteiger partial charge < -0.3 is 31.2 Å². The number of nitrogens with zero attached hydrogens (tertiary/aromatic N) is 1. The number of benzene rings is 3. The predicted molar refractivity (Wildman–Crippen MR) is 170 cm³/mol. The van der Waals surface area contributed by atoms with Crippen molar-refractivity contribution < 1.29 is 32.2 Å². The minimum absolute atomic E-state index is 0.119. The Morgan fingerprint density at radius 2 is 1.62 bits per heavy atom. The SMILES string of the molecule is NC(=O)[C@@H](Nc1cccc(F)c1CC[C@@H]1CN[C@H](COC(=O)NCc2ccncc2)CO1)C(c1ccc(F)cc1)c1ccc(F)cc1. The van der Waals surface area contributed by atoms with Crippen LogP contribution >= 0.6 is 0 Å². The molecular formula is C35H36F3N5O4. The van der Waals surface area contributed by atoms with Crippen LogP contribution in [-0.4, -0.2) is 54.9 Å². The summed E-state index contributed by atoms with van der Waals surface area (Å²) in [6.07, 6.45) is 3.25. The number of pyridine rings is 1. The molecule has 246 valence electrons. The Morgan fingerprint density at radius 3 is 2.21 bits per heavy atom. The van der Waals surface area contributed by atoms with Crippen molar-refractivity contribution in [1.29, 1.82) is 0 Å². The van der Waals surface area contributed by atoms with E-state index in [1.165, 1.54) is 60.7 Å². The average molecular weight is 648 g/mol. The van der Waals surface area contributed by atoms with Gasteiger partial charge in [-0.25, -0.2) is 18.0 Å². The van der Waals surface area contributed by atoms with Crippen LogP contribution in [0.3, 0.4) is 0 Å². The van der Waals surface area contributed by atoms with Crippen LogP contribution in [0.1, 0.15) is 34.6 Å². The predicted octanol–water partition coefficient (Wildman–Crippen LogP) is 4.81. The molecule has 3 atom stereocenters. The van der Waals surface area contributed by atoms with Crippen molar-refractivity contribution in [3.63, 3.8) is 0 Å². The summed E-state index contributed by atoms with van der Waals surface area (Å²) in [4.78, 5) is 28.9. The third-order valence-electron chi connectivity index (χ3n) is 8.01. The zero-order valence-electron chi connectivity index (χ0n) is 25.5. The van der Waals surface area contributed by atoms with E-state index in [4.69, 9.17) is 15.2 Å². The molecule has 0 unspecified atom stereocenters. The Kier molecular flexibility index (Phi) is 11.4. The van der Waals surface area contributed by atoms with E-state index in [-0.39, 0.29) is 25.2 Å². The second kappa shape index (κ2) is 16.1. The van der Waals surface area contributed by atoms with E-state index < -0.39 is 41.4 Å². The van der Waals surface area contributed by atoms with Crippen molar-refractivity contribution in [1.82, 2.24) is 15.6 Å². The molecule has 0 spiro atoms. The highest BCUT2D eigenvalue weighted by Gasteiger charge is 2.31. The maximum atomic E-state index is 15.2. The Balaban J connectivity index is 1.20. The minimum atomic E-state index is -1.08. The lowest BCUT2D eigenvalue weighted by Gasteiger charge is -2.31. The normalized spacial score (nSPS) is 16.8. The van der Waals surface area contributed by atoms with Gasteiger partial charge in [0, 0.05) is 42.7 Å². The van der Waals surface area contributed by atoms with Crippen molar-refractivity contribution in [2.24, 2.45) is 5.73 Å². The van der Waals surface area contributed by atoms with Crippen LogP contribution in [0.5, 0.6) is 0 Å². The largest absolute Gasteiger partial charge is 0.448 e. The molecule has 5 N–H and O–H groups in total. The lowest BCUT2D eigenvalue weighted by molar-refractivity contribution is -0.119. The van der Waals surface area contributed by atoms with Crippen LogP contribution in [0.4, 0.5) is 23.7 Å². The third-order valence-corrected chi connectivity index (χ3v) is 8.01. The fourth-order valence-electron chi connectivity index (χ4n) is 5.52. The Hall–Kier alpha value is -4.94. The molecule has 0 radical (unpaired) electrons. The molecular weight excluding hydrogens is 611 g/mol. The van der Waals surface area contributed by atoms with Gasteiger partial charge in [-0.2, -0.15) is 0 Å². The Bertz CT molecular complexity index is 1570. The summed E-state index contributed by atoms with van der Waals surface area (Å²) in [5.74, 6) is -2.83. The summed E-state index contributed by atoms with van der Waals surface area (Å²) in [6.45, 7) is 1.20. The Morgan fingerprint density at radius 1 is 0.957 bits per heavy atom. The van der Waals surface area contributed by atoms with Crippen LogP contribution in [0, 0.1) is 17.5 Å². The number of amides is 2. The quantitative estimate of drug-likeness (QED) is 0.164. The van der Waals surface area contributed by atoms with Gasteiger partial charge in [0.25, 0.3) is 0 Å². The van der Waals surface area contributed by atoms with Gasteiger partial charge in [0.15, 0.2) is 0 Å². The van der Waals surface area contributed by atoms with E-state index in [0.717, 1.165) is 5.56 Å². The van der Waals surface area contributed by atoms with Gasteiger partial charge in [-0.05, 0) is 78.1 Å². The molecule has 4 aromatic rings. The molecule has 1 fully saturated rings. The molecule has 1 saturated heterocycles. The Labute approximate surface area is 270 Å². The van der Waals surface area contributed by atoms with E-state index >= 15 is 4.39 Å². The zero-order valence-corrected chi connectivity index (χ0v) is 25.5. The van der Waals surface area contributed by atoms with Gasteiger partial charge in [-0.1, -0.05) is 30.3 Å². The fraction of sp³-hybridized carbons (Fsp3) is 0.286. The zero-order chi connectivity index (χ0) is 33.2. The van der Waals surface area contributed by atoms with Crippen LogP contribution in [0.2, 0.25) is 0 Å². The number of hydrogen-bond acceptors (Lipinski definition) is 7. The highest BCUT2D eigenvalue weighted by atomic mass is 19.1. The van der Waals surface area contributed by atoms with E-state index in [0.29, 0.717) is 48.5 Å². The molecule has 2 amide bonds. The van der Waals surface area contributed by atoms with Crippen molar-refractivity contribution >= 4 is 17.7 Å². The smallest absolute Gasteiger partial charge is 0.407 e. The molecule has 12 heteroatoms. The summed E-state index contributed by atoms with van der Waals surface area (Å²) < 4.78 is 54.1. The number of carbonyl (C=O) groups is 2. The molecule has 1 aliphatic heterocycles. The molecule has 3 aromatic carbocycles. The molecule has 47 heavy (non-hydrogen) atoms. The number of carbonyl (C=O) groups excluding carboxylic acids is 2. The molecule has 1 aliphatic rings. The number of halogens is 3. The lowest BCUT2D eigenvalue weighted by Crippen LogP contribution is -2.49. The summed E-state index contributed by atoms with van der Waals surface area (Å²) >= 11 is 0. The standard InChI is InChI=1S/C35H36F3N5O4/c36-25-8-4-23(5-9-25)32(24-6-10-26(37)11-7-24)33(34(39)44)43-31-3-1-2-30(38)29(31)13-12-28-19-41-27(20-46-28)21-47-35(45)42-18-22-14-16-40-17-15-22/h1-11,14-17,27-28,32-33,41,43H,12-13,18-21H2,(H2,39,44)(H,42,45)/t27-,28+,33-/m0/s1. The van der Waals surface area contributed by atoms with E-state index in [9.17, 15) is 18.4 Å². The molecule has 1 aromatic heterocycles. The number of anilines is 1. The molecule has 9 nitrogen and oxygen atoms in total. The van der Waals surface area contributed by atoms with Gasteiger partial charge in [0.05, 0.1) is 18.8 Å². The van der Waals surface area contributed by atoms with Crippen LogP contribution < -0.4 is 21.7 Å². The summed E-state index contributed by atoms with van der Waals surface area (Å²) in [7, 11) is 0. The monoisotopic (exact) mass is 647 g/mol. The number of alkyl carbamates (subject to hydrolysis) is 1. The van der Waals surface area contributed by atoms with E-state index in [1.807, 2.05) is 0 Å². The third kappa shape index (κ3) is 9.30. The second-order valence-corrected chi connectivity index (χ2v) is 11.3. The first-order valence-electron chi connectivity index (χ1n) is 15.3. The topological polar surface area (TPSA) is 128 Å². The van der Waals surface area contributed by atoms with Crippen LogP contribution in [0.15, 0.2) is 91.3 Å². The number of nitrogens with one attached hydrogen (secondary N) is 3. The highest BCUT2D eigenvalue weighted by molar-refractivity contribution is 5.85. The number of primary amides is 1. The van der Waals surface area contributed by atoms with E-state index in [2.05, 4.69) is 20.9 Å². The number of aromatic nitrogens is 1. The minimum Gasteiger partial charge on any atom is -0.448 e. The summed E-state index contributed by atoms with van der Waals surface area (Å²) in [5.41, 5.74) is 8.64. The van der Waals surface area contributed by atoms with Crippen molar-refractivity contribution in [2.45, 2.75) is 43.5 Å². The molecule has 2 heterocycles. The maximum absolute atomic E-state index is 15.2. The lowest BCUT2D eigenvalue weighted by atomic mass is 9.84. The number of hydrogen-bond donors (Lipinski definition) is 4. The van der Waals surface area contributed by atoms with Crippen molar-refractivity contribution in [2.75, 3.05) is 25.1 Å². The first kappa shape index (κ1) is 33.4. The van der Waals surface area contributed by atoms with Gasteiger partial charge in [0.1, 0.15) is 30.1 Å². The first-order chi connectivity index (χ1) is 22.8. The number of morpholine rings is 1. The summed E-state index contributed by atoms with van der Waals surface area (Å²) in [5, 5.41) is 9.14. The van der Waals surface area contributed by atoms with Crippen molar-refractivity contribution in [3.05, 3.63) is 131 Å². The van der Waals surface area contributed by atoms with Crippen LogP contribution in [0.25, 0.3) is 0 Å². The number of rotatable bonds is 13. The molecule has 0 saturated carbocycles. The van der Waals surface area contributed by atoms with Gasteiger partial charge in [-0.3, -0.25) is 9.78 Å². The van der Waals surface area contributed by atoms with Gasteiger partial charge in [0.2, 0.25) is 5.91 Å². The van der Waals surface area contributed by atoms with Gasteiger partial charge >= 0.3 is 6.09 Å². The first-order valence-corrected chi connectivity index (χ1v) is 15.3. The maximum Gasteiger partial charge on any atom is 0.407 e. The fourth-order valence-corrected chi connectivity index (χ4v) is 5.52. The number of ether oxygens (including phenoxy) is 2. The van der Waals surface area contributed by atoms with Crippen LogP contribution in [-0.2, 0) is 27.2 Å². The van der Waals surface area contributed by atoms with Gasteiger partial charge in [-0.15, -0.1) is 0 Å². The number of nitrogens with two attached hydrogens (primary N) is 1. The second-order valence-electron chi connectivity index (χ2n) is 11.3. The van der Waals surface area contributed by atoms with E-state index in [1.54, 1.807) is 30.6 Å². The highest BCUT2D eigenvalue weighted by Crippen LogP contribution is 2.32. The molecule has 5 rings (SSSR count). The summed E-state index contributed by atoms with van der Waals surface area (Å²) in [6, 6.07) is 18.1. The van der Waals surface area contributed by atoms with Crippen molar-refractivity contribution in [3.8, 4) is 0 Å².